The highest BCUT2D eigenvalue weighted by molar-refractivity contribution is 5.90. The minimum absolute atomic E-state index is 0.0569. The number of hydrogen-bond acceptors (Lipinski definition) is 3. The maximum absolute atomic E-state index is 13.0. The molecule has 3 aromatic carbocycles. The molecule has 156 valence electrons. The number of nitrogens with one attached hydrogen (secondary N) is 2. The Hall–Kier alpha value is -3.37. The Morgan fingerprint density at radius 3 is 2.13 bits per heavy atom. The number of H-pyrrole nitrogens is 1. The van der Waals surface area contributed by atoms with Crippen molar-refractivity contribution >= 4 is 16.9 Å². The van der Waals surface area contributed by atoms with E-state index in [1.165, 1.54) is 18.2 Å². The van der Waals surface area contributed by atoms with Gasteiger partial charge in [-0.2, -0.15) is 0 Å². The van der Waals surface area contributed by atoms with Crippen LogP contribution in [-0.2, 0) is 15.1 Å². The van der Waals surface area contributed by atoms with Crippen LogP contribution in [0.3, 0.4) is 0 Å². The smallest absolute Gasteiger partial charge is 0.323 e. The van der Waals surface area contributed by atoms with Crippen molar-refractivity contribution in [2.75, 3.05) is 7.11 Å². The summed E-state index contributed by atoms with van der Waals surface area (Å²) >= 11 is 0. The van der Waals surface area contributed by atoms with Gasteiger partial charge in [-0.05, 0) is 35.7 Å². The Kier molecular flexibility index (Phi) is 4.67. The van der Waals surface area contributed by atoms with Crippen LogP contribution in [0.25, 0.3) is 10.9 Å². The number of carbonyl (C=O) groups is 1. The fourth-order valence-electron chi connectivity index (χ4n) is 5.08. The molecule has 0 spiro atoms. The molecular formula is C27H26N2O2. The number of fused-ring (bicyclic) bond motifs is 3. The van der Waals surface area contributed by atoms with Crippen LogP contribution in [0.1, 0.15) is 40.8 Å². The molecule has 2 heterocycles. The number of benzene rings is 3. The Labute approximate surface area is 182 Å². The lowest BCUT2D eigenvalue weighted by Gasteiger charge is -2.45. The Morgan fingerprint density at radius 1 is 0.935 bits per heavy atom. The van der Waals surface area contributed by atoms with Crippen molar-refractivity contribution in [1.82, 2.24) is 10.3 Å². The number of hydrogen-bond donors (Lipinski definition) is 2. The van der Waals surface area contributed by atoms with Gasteiger partial charge >= 0.3 is 5.97 Å². The van der Waals surface area contributed by atoms with E-state index in [9.17, 15) is 4.79 Å². The minimum atomic E-state index is -0.712. The highest BCUT2D eigenvalue weighted by atomic mass is 16.5. The maximum Gasteiger partial charge on any atom is 0.323 e. The van der Waals surface area contributed by atoms with Crippen molar-refractivity contribution in [3.63, 3.8) is 0 Å². The van der Waals surface area contributed by atoms with Crippen LogP contribution < -0.4 is 5.32 Å². The Morgan fingerprint density at radius 2 is 1.55 bits per heavy atom. The van der Waals surface area contributed by atoms with Gasteiger partial charge in [0.1, 0.15) is 11.6 Å². The first kappa shape index (κ1) is 19.6. The van der Waals surface area contributed by atoms with Crippen molar-refractivity contribution in [3.8, 4) is 0 Å². The summed E-state index contributed by atoms with van der Waals surface area (Å²) in [4.78, 5) is 16.7. The van der Waals surface area contributed by atoms with Crippen molar-refractivity contribution in [3.05, 3.63) is 107 Å². The van der Waals surface area contributed by atoms with E-state index >= 15 is 0 Å². The predicted octanol–water partition coefficient (Wildman–Crippen LogP) is 5.02. The molecule has 0 aliphatic carbocycles. The lowest BCUT2D eigenvalue weighted by Crippen LogP contribution is -2.58. The molecule has 5 rings (SSSR count). The number of aromatic nitrogens is 1. The van der Waals surface area contributed by atoms with Gasteiger partial charge in [0.2, 0.25) is 0 Å². The summed E-state index contributed by atoms with van der Waals surface area (Å²) in [5.74, 6) is -0.310. The van der Waals surface area contributed by atoms with Crippen molar-refractivity contribution < 1.29 is 9.53 Å². The molecule has 0 fully saturated rings. The molecule has 0 radical (unpaired) electrons. The zero-order valence-corrected chi connectivity index (χ0v) is 18.0. The fraction of sp³-hybridized carbons (Fsp3) is 0.222. The van der Waals surface area contributed by atoms with E-state index < -0.39 is 11.6 Å². The van der Waals surface area contributed by atoms with Gasteiger partial charge in [0, 0.05) is 22.5 Å². The summed E-state index contributed by atoms with van der Waals surface area (Å²) in [6.07, 6.45) is 0. The Balaban J connectivity index is 1.91. The summed E-state index contributed by atoms with van der Waals surface area (Å²) in [5, 5.41) is 4.89. The monoisotopic (exact) mass is 410 g/mol. The number of aromatic amines is 1. The topological polar surface area (TPSA) is 54.1 Å². The molecule has 0 bridgehead atoms. The van der Waals surface area contributed by atoms with Gasteiger partial charge < -0.3 is 9.72 Å². The molecule has 2 atom stereocenters. The number of methoxy groups -OCH3 is 1. The van der Waals surface area contributed by atoms with Crippen LogP contribution in [-0.4, -0.2) is 24.1 Å². The molecule has 1 aromatic heterocycles. The van der Waals surface area contributed by atoms with E-state index in [4.69, 9.17) is 4.74 Å². The summed E-state index contributed by atoms with van der Waals surface area (Å²) in [7, 11) is 1.46. The van der Waals surface area contributed by atoms with E-state index in [1.54, 1.807) is 0 Å². The van der Waals surface area contributed by atoms with Crippen LogP contribution in [0.2, 0.25) is 0 Å². The van der Waals surface area contributed by atoms with Gasteiger partial charge in [-0.3, -0.25) is 10.1 Å². The van der Waals surface area contributed by atoms with Crippen molar-refractivity contribution in [1.29, 1.82) is 0 Å². The molecular weight excluding hydrogens is 384 g/mol. The van der Waals surface area contributed by atoms with E-state index in [2.05, 4.69) is 66.6 Å². The van der Waals surface area contributed by atoms with E-state index in [0.29, 0.717) is 0 Å². The third-order valence-corrected chi connectivity index (χ3v) is 6.57. The number of ether oxygens (including phenoxy) is 1. The van der Waals surface area contributed by atoms with Crippen molar-refractivity contribution in [2.24, 2.45) is 0 Å². The lowest BCUT2D eigenvalue weighted by atomic mass is 9.71. The largest absolute Gasteiger partial charge is 0.468 e. The minimum Gasteiger partial charge on any atom is -0.468 e. The zero-order valence-electron chi connectivity index (χ0n) is 18.0. The molecule has 31 heavy (non-hydrogen) atoms. The number of rotatable bonds is 3. The predicted molar refractivity (Wildman–Crippen MR) is 123 cm³/mol. The SMILES string of the molecule is COC(=O)[C@H]1NC(c2ccccc2)(c2ccccc2)c2[nH]c3ccc(C)cc3c2[C@H]1C. The lowest BCUT2D eigenvalue weighted by molar-refractivity contribution is -0.144. The molecule has 0 saturated carbocycles. The third kappa shape index (κ3) is 2.90. The molecule has 2 N–H and O–H groups in total. The number of esters is 1. The summed E-state index contributed by atoms with van der Waals surface area (Å²) in [6.45, 7) is 4.20. The maximum atomic E-state index is 13.0. The molecule has 0 saturated heterocycles. The second-order valence-corrected chi connectivity index (χ2v) is 8.38. The second kappa shape index (κ2) is 7.40. The van der Waals surface area contributed by atoms with Gasteiger partial charge in [0.25, 0.3) is 0 Å². The average molecular weight is 411 g/mol. The van der Waals surface area contributed by atoms with Gasteiger partial charge in [0.05, 0.1) is 7.11 Å². The van der Waals surface area contributed by atoms with Gasteiger partial charge in [-0.15, -0.1) is 0 Å². The quantitative estimate of drug-likeness (QED) is 0.467. The first-order valence-electron chi connectivity index (χ1n) is 10.7. The average Bonchev–Trinajstić information content (AvgIpc) is 3.20. The zero-order chi connectivity index (χ0) is 21.6. The van der Waals surface area contributed by atoms with Gasteiger partial charge in [0.15, 0.2) is 0 Å². The van der Waals surface area contributed by atoms with Gasteiger partial charge in [-0.1, -0.05) is 79.2 Å². The summed E-state index contributed by atoms with van der Waals surface area (Å²) in [6, 6.07) is 26.6. The van der Waals surface area contributed by atoms with Crippen LogP contribution in [0, 0.1) is 6.92 Å². The summed E-state index contributed by atoms with van der Waals surface area (Å²) < 4.78 is 5.24. The molecule has 4 nitrogen and oxygen atoms in total. The van der Waals surface area contributed by atoms with Gasteiger partial charge in [-0.25, -0.2) is 0 Å². The fourth-order valence-corrected chi connectivity index (χ4v) is 5.08. The Bertz CT molecular complexity index is 1200. The highest BCUT2D eigenvalue weighted by Crippen LogP contribution is 2.47. The second-order valence-electron chi connectivity index (χ2n) is 8.38. The van der Waals surface area contributed by atoms with Crippen LogP contribution in [0.5, 0.6) is 0 Å². The number of carbonyl (C=O) groups excluding carboxylic acids is 1. The molecule has 1 aliphatic heterocycles. The highest BCUT2D eigenvalue weighted by Gasteiger charge is 2.49. The van der Waals surface area contributed by atoms with Crippen LogP contribution >= 0.6 is 0 Å². The molecule has 0 amide bonds. The van der Waals surface area contributed by atoms with Crippen LogP contribution in [0.4, 0.5) is 0 Å². The first-order chi connectivity index (χ1) is 15.1. The van der Waals surface area contributed by atoms with E-state index in [0.717, 1.165) is 27.7 Å². The summed E-state index contributed by atoms with van der Waals surface area (Å²) in [5.41, 5.74) is 5.96. The number of aryl methyl sites for hydroxylation is 1. The van der Waals surface area contributed by atoms with Crippen molar-refractivity contribution in [2.45, 2.75) is 31.3 Å². The third-order valence-electron chi connectivity index (χ3n) is 6.57. The first-order valence-corrected chi connectivity index (χ1v) is 10.7. The normalized spacial score (nSPS) is 19.7. The molecule has 4 heteroatoms. The van der Waals surface area contributed by atoms with E-state index in [-0.39, 0.29) is 11.9 Å². The molecule has 4 aromatic rings. The van der Waals surface area contributed by atoms with E-state index in [1.807, 2.05) is 36.4 Å². The molecule has 1 aliphatic rings. The van der Waals surface area contributed by atoms with Crippen LogP contribution in [0.15, 0.2) is 78.9 Å². The standard InChI is InChI=1S/C27H26N2O2/c1-17-14-15-22-21(16-17)23-18(2)24(26(30)31-3)29-27(25(23)28-22,19-10-6-4-7-11-19)20-12-8-5-9-13-20/h4-16,18,24,28-29H,1-3H3/t18-,24+/m1/s1. The molecule has 0 unspecified atom stereocenters.